The standard InChI is InChI=1S/C9H9BrClFO3S/c1-16(14,15)9(10,11)8(13)6-4-2-3-5-7(6)12/h2-5,8,13H,1H3/t8-,9-/m1/s1. The van der Waals surface area contributed by atoms with Gasteiger partial charge >= 0.3 is 0 Å². The Morgan fingerprint density at radius 2 is 2.00 bits per heavy atom. The Morgan fingerprint density at radius 1 is 1.50 bits per heavy atom. The van der Waals surface area contributed by atoms with Gasteiger partial charge in [0, 0.05) is 11.8 Å². The van der Waals surface area contributed by atoms with Gasteiger partial charge in [0.05, 0.1) is 0 Å². The SMILES string of the molecule is CS(=O)(=O)[C@@](Cl)(Br)[C@H](O)c1ccccc1F. The van der Waals surface area contributed by atoms with Crippen molar-refractivity contribution in [1.29, 1.82) is 0 Å². The summed E-state index contributed by atoms with van der Waals surface area (Å²) in [5.74, 6) is -0.719. The number of hydrogen-bond acceptors (Lipinski definition) is 3. The van der Waals surface area contributed by atoms with Gasteiger partial charge in [0.2, 0.25) is 3.12 Å². The van der Waals surface area contributed by atoms with Gasteiger partial charge in [-0.1, -0.05) is 29.8 Å². The third-order valence-electron chi connectivity index (χ3n) is 2.01. The summed E-state index contributed by atoms with van der Waals surface area (Å²) in [4.78, 5) is 0. The van der Waals surface area contributed by atoms with Crippen molar-refractivity contribution in [1.82, 2.24) is 0 Å². The number of sulfone groups is 1. The van der Waals surface area contributed by atoms with Gasteiger partial charge in [0.15, 0.2) is 9.84 Å². The van der Waals surface area contributed by atoms with Crippen molar-refractivity contribution >= 4 is 37.4 Å². The number of hydrogen-bond donors (Lipinski definition) is 1. The first kappa shape index (κ1) is 13.9. The van der Waals surface area contributed by atoms with Gasteiger partial charge in [-0.2, -0.15) is 0 Å². The largest absolute Gasteiger partial charge is 0.384 e. The van der Waals surface area contributed by atoms with Crippen LogP contribution < -0.4 is 0 Å². The van der Waals surface area contributed by atoms with E-state index >= 15 is 0 Å². The zero-order chi connectivity index (χ0) is 12.6. The minimum Gasteiger partial charge on any atom is -0.384 e. The quantitative estimate of drug-likeness (QED) is 0.864. The average molecular weight is 332 g/mol. The number of aliphatic hydroxyl groups excluding tert-OH is 1. The smallest absolute Gasteiger partial charge is 0.228 e. The first-order chi connectivity index (χ1) is 7.18. The highest BCUT2D eigenvalue weighted by molar-refractivity contribution is 9.12. The molecule has 1 N–H and O–H groups in total. The zero-order valence-electron chi connectivity index (χ0n) is 8.19. The molecule has 0 unspecified atom stereocenters. The molecule has 7 heteroatoms. The first-order valence-electron chi connectivity index (χ1n) is 4.18. The Labute approximate surface area is 106 Å². The van der Waals surface area contributed by atoms with Crippen LogP contribution in [0.4, 0.5) is 4.39 Å². The fourth-order valence-electron chi connectivity index (χ4n) is 1.08. The maximum absolute atomic E-state index is 13.3. The summed E-state index contributed by atoms with van der Waals surface area (Å²) in [7, 11) is -3.80. The van der Waals surface area contributed by atoms with E-state index in [-0.39, 0.29) is 5.56 Å². The number of rotatable bonds is 3. The van der Waals surface area contributed by atoms with E-state index in [1.807, 2.05) is 0 Å². The maximum atomic E-state index is 13.3. The molecule has 0 aliphatic carbocycles. The van der Waals surface area contributed by atoms with E-state index in [0.717, 1.165) is 12.3 Å². The van der Waals surface area contributed by atoms with Crippen molar-refractivity contribution in [3.8, 4) is 0 Å². The maximum Gasteiger partial charge on any atom is 0.228 e. The van der Waals surface area contributed by atoms with Crippen LogP contribution in [0.25, 0.3) is 0 Å². The van der Waals surface area contributed by atoms with Gasteiger partial charge in [-0.25, -0.2) is 12.8 Å². The van der Waals surface area contributed by atoms with Crippen molar-refractivity contribution in [3.63, 3.8) is 0 Å². The van der Waals surface area contributed by atoms with E-state index in [0.29, 0.717) is 0 Å². The second kappa shape index (κ2) is 4.60. The Kier molecular flexibility index (Phi) is 3.99. The number of aliphatic hydroxyl groups is 1. The van der Waals surface area contributed by atoms with E-state index in [4.69, 9.17) is 11.6 Å². The Balaban J connectivity index is 3.23. The highest BCUT2D eigenvalue weighted by Crippen LogP contribution is 2.42. The summed E-state index contributed by atoms with van der Waals surface area (Å²) in [6.45, 7) is 0. The zero-order valence-corrected chi connectivity index (χ0v) is 11.4. The minimum absolute atomic E-state index is 0.181. The Bertz CT molecular complexity index is 489. The average Bonchev–Trinajstić information content (AvgIpc) is 2.15. The van der Waals surface area contributed by atoms with Gasteiger partial charge in [-0.3, -0.25) is 0 Å². The van der Waals surface area contributed by atoms with E-state index in [9.17, 15) is 17.9 Å². The van der Waals surface area contributed by atoms with Crippen molar-refractivity contribution in [2.75, 3.05) is 6.26 Å². The number of alkyl halides is 2. The van der Waals surface area contributed by atoms with Crippen LogP contribution in [-0.2, 0) is 9.84 Å². The van der Waals surface area contributed by atoms with Crippen LogP contribution in [0.15, 0.2) is 24.3 Å². The van der Waals surface area contributed by atoms with E-state index in [1.54, 1.807) is 0 Å². The fourth-order valence-corrected chi connectivity index (χ4v) is 1.98. The molecule has 0 radical (unpaired) electrons. The molecule has 0 amide bonds. The van der Waals surface area contributed by atoms with Crippen LogP contribution in [0.5, 0.6) is 0 Å². The molecule has 0 aliphatic rings. The van der Waals surface area contributed by atoms with Gasteiger partial charge in [-0.15, -0.1) is 0 Å². The lowest BCUT2D eigenvalue weighted by Gasteiger charge is -2.24. The molecule has 0 spiro atoms. The molecule has 0 saturated heterocycles. The van der Waals surface area contributed by atoms with Crippen molar-refractivity contribution in [2.45, 2.75) is 9.22 Å². The number of halogens is 3. The predicted octanol–water partition coefficient (Wildman–Crippen LogP) is 2.19. The monoisotopic (exact) mass is 330 g/mol. The molecule has 0 saturated carbocycles. The van der Waals surface area contributed by atoms with E-state index < -0.39 is 24.9 Å². The van der Waals surface area contributed by atoms with Crippen LogP contribution in [0.2, 0.25) is 0 Å². The van der Waals surface area contributed by atoms with Crippen molar-refractivity contribution in [2.24, 2.45) is 0 Å². The lowest BCUT2D eigenvalue weighted by atomic mass is 10.1. The van der Waals surface area contributed by atoms with Crippen LogP contribution in [-0.4, -0.2) is 22.9 Å². The summed E-state index contributed by atoms with van der Waals surface area (Å²) in [5, 5.41) is 9.77. The van der Waals surface area contributed by atoms with Gasteiger partial charge in [0.1, 0.15) is 11.9 Å². The fraction of sp³-hybridized carbons (Fsp3) is 0.333. The Morgan fingerprint density at radius 3 is 2.44 bits per heavy atom. The molecule has 0 bridgehead atoms. The van der Waals surface area contributed by atoms with Crippen LogP contribution in [0, 0.1) is 5.82 Å². The molecule has 3 nitrogen and oxygen atoms in total. The molecule has 1 rings (SSSR count). The predicted molar refractivity (Wildman–Crippen MR) is 63.7 cm³/mol. The summed E-state index contributed by atoms with van der Waals surface area (Å²) in [6.07, 6.45) is -0.857. The molecule has 0 aromatic heterocycles. The van der Waals surface area contributed by atoms with E-state index in [2.05, 4.69) is 15.9 Å². The minimum atomic E-state index is -3.80. The van der Waals surface area contributed by atoms with Crippen LogP contribution in [0.3, 0.4) is 0 Å². The molecule has 90 valence electrons. The van der Waals surface area contributed by atoms with Gasteiger partial charge in [-0.05, 0) is 22.0 Å². The molecular weight excluding hydrogens is 323 g/mol. The molecule has 1 aromatic carbocycles. The van der Waals surface area contributed by atoms with Gasteiger partial charge in [0.25, 0.3) is 0 Å². The highest BCUT2D eigenvalue weighted by atomic mass is 79.9. The molecule has 0 aliphatic heterocycles. The molecule has 16 heavy (non-hydrogen) atoms. The number of benzene rings is 1. The van der Waals surface area contributed by atoms with Crippen molar-refractivity contribution in [3.05, 3.63) is 35.6 Å². The topological polar surface area (TPSA) is 54.4 Å². The summed E-state index contributed by atoms with van der Waals surface area (Å²) >= 11 is 8.38. The molecule has 1 aromatic rings. The third kappa shape index (κ3) is 2.56. The molecule has 2 atom stereocenters. The first-order valence-corrected chi connectivity index (χ1v) is 7.24. The molecule has 0 fully saturated rings. The molecule has 0 heterocycles. The second-order valence-corrected chi connectivity index (χ2v) is 8.50. The van der Waals surface area contributed by atoms with Crippen LogP contribution in [0.1, 0.15) is 11.7 Å². The summed E-state index contributed by atoms with van der Waals surface area (Å²) in [5.41, 5.74) is -0.181. The lowest BCUT2D eigenvalue weighted by molar-refractivity contribution is 0.180. The molecular formula is C9H9BrClFO3S. The second-order valence-electron chi connectivity index (χ2n) is 3.26. The summed E-state index contributed by atoms with van der Waals surface area (Å²) in [6, 6.07) is 5.28. The van der Waals surface area contributed by atoms with Crippen molar-refractivity contribution < 1.29 is 17.9 Å². The van der Waals surface area contributed by atoms with Gasteiger partial charge < -0.3 is 5.11 Å². The Hall–Kier alpha value is -0.170. The van der Waals surface area contributed by atoms with E-state index in [1.165, 1.54) is 18.2 Å². The normalized spacial score (nSPS) is 17.8. The lowest BCUT2D eigenvalue weighted by Crippen LogP contribution is -2.32. The highest BCUT2D eigenvalue weighted by Gasteiger charge is 2.45. The summed E-state index contributed by atoms with van der Waals surface area (Å²) < 4.78 is 33.8. The third-order valence-corrected chi connectivity index (χ3v) is 6.47. The van der Waals surface area contributed by atoms with Crippen LogP contribution >= 0.6 is 27.5 Å².